The van der Waals surface area contributed by atoms with Crippen molar-refractivity contribution in [1.29, 1.82) is 0 Å². The number of methoxy groups -OCH3 is 1. The minimum Gasteiger partial charge on any atom is -0.497 e. The third kappa shape index (κ3) is 7.68. The van der Waals surface area contributed by atoms with Crippen molar-refractivity contribution in [2.45, 2.75) is 139 Å². The average molecular weight is 808 g/mol. The molecule has 5 atom stereocenters. The van der Waals surface area contributed by atoms with Crippen LogP contribution in [0.15, 0.2) is 30.4 Å². The number of fused-ring (bicyclic) bond motifs is 5. The Labute approximate surface area is 335 Å². The Hall–Kier alpha value is -4.40. The molecule has 57 heavy (non-hydrogen) atoms. The van der Waals surface area contributed by atoms with Crippen molar-refractivity contribution in [2.75, 3.05) is 20.2 Å². The number of ether oxygens (including phenoxy) is 2. The van der Waals surface area contributed by atoms with Gasteiger partial charge in [0.25, 0.3) is 5.91 Å². The predicted octanol–water partition coefficient (Wildman–Crippen LogP) is 5.43. The molecule has 3 aliphatic heterocycles. The van der Waals surface area contributed by atoms with E-state index in [0.29, 0.717) is 50.0 Å². The van der Waals surface area contributed by atoms with E-state index in [-0.39, 0.29) is 44.2 Å². The van der Waals surface area contributed by atoms with Crippen LogP contribution in [0.3, 0.4) is 0 Å². The number of hydrogen-bond acceptors (Lipinski definition) is 9. The molecule has 1 aromatic heterocycles. The molecule has 4 amide bonds. The largest absolute Gasteiger partial charge is 0.497 e. The summed E-state index contributed by atoms with van der Waals surface area (Å²) >= 11 is 0. The third-order valence-electron chi connectivity index (χ3n) is 12.7. The molecule has 1 aromatic carbocycles. The van der Waals surface area contributed by atoms with Gasteiger partial charge in [-0.25, -0.2) is 18.2 Å². The lowest BCUT2D eigenvalue weighted by Crippen LogP contribution is -2.59. The molecule has 310 valence electrons. The molecule has 7 rings (SSSR count). The topological polar surface area (TPSA) is 185 Å². The Kier molecular flexibility index (Phi) is 10.8. The van der Waals surface area contributed by atoms with Gasteiger partial charge in [-0.15, -0.1) is 0 Å². The molecule has 0 radical (unpaired) electrons. The van der Waals surface area contributed by atoms with Gasteiger partial charge < -0.3 is 24.8 Å². The number of nitrogens with zero attached hydrogens (tertiary/aromatic N) is 3. The molecule has 1 spiro atoms. The summed E-state index contributed by atoms with van der Waals surface area (Å²) in [5, 5.41) is 14.3. The molecule has 1 saturated heterocycles. The van der Waals surface area contributed by atoms with E-state index in [9.17, 15) is 27.9 Å². The van der Waals surface area contributed by atoms with Crippen molar-refractivity contribution in [3.63, 3.8) is 0 Å². The molecule has 15 heteroatoms. The number of benzene rings is 1. The van der Waals surface area contributed by atoms with Crippen molar-refractivity contribution in [3.05, 3.63) is 41.6 Å². The number of hydrogen-bond donors (Lipinski definition) is 3. The Balaban J connectivity index is 1.29. The maximum Gasteiger partial charge on any atom is 0.407 e. The van der Waals surface area contributed by atoms with Crippen LogP contribution in [0.1, 0.15) is 116 Å². The number of carboxylic acid groups (broad SMARTS) is 1. The second-order valence-electron chi connectivity index (χ2n) is 17.9. The number of pyridine rings is 1. The van der Waals surface area contributed by atoms with Crippen LogP contribution in [0.25, 0.3) is 10.9 Å². The molecular weight excluding hydrogens is 751 g/mol. The number of carbonyl (C=O) groups excluding carboxylic acids is 3. The summed E-state index contributed by atoms with van der Waals surface area (Å²) in [7, 11) is -2.40. The van der Waals surface area contributed by atoms with Gasteiger partial charge >= 0.3 is 6.09 Å². The highest BCUT2D eigenvalue weighted by Crippen LogP contribution is 2.50. The predicted molar refractivity (Wildman–Crippen MR) is 213 cm³/mol. The van der Waals surface area contributed by atoms with Gasteiger partial charge in [0, 0.05) is 29.8 Å². The smallest absolute Gasteiger partial charge is 0.407 e. The summed E-state index contributed by atoms with van der Waals surface area (Å²) in [6.45, 7) is 9.60. The van der Waals surface area contributed by atoms with Crippen LogP contribution in [0, 0.1) is 11.8 Å². The SMILES string of the molecule is COc1ccc2nc(C(C)C)c3c(c2c1)CC[C@]1(C[C@H]2C(=O)N[C@]4(C(=O)NS(=O)(=O)C5(C)CC5)C[C@H]4/C=C\CCCCC[C@H](N(CC(C)C)C(=O)O)C(=O)N2C1)O3. The summed E-state index contributed by atoms with van der Waals surface area (Å²) in [4.78, 5) is 64.4. The van der Waals surface area contributed by atoms with E-state index >= 15 is 4.79 Å². The van der Waals surface area contributed by atoms with Gasteiger partial charge in [-0.2, -0.15) is 0 Å². The fourth-order valence-corrected chi connectivity index (χ4v) is 10.2. The molecule has 3 fully saturated rings. The minimum atomic E-state index is -4.01. The van der Waals surface area contributed by atoms with Crippen LogP contribution in [0.5, 0.6) is 11.5 Å². The number of carbonyl (C=O) groups is 4. The van der Waals surface area contributed by atoms with Crippen LogP contribution in [0.4, 0.5) is 4.79 Å². The van der Waals surface area contributed by atoms with E-state index in [1.54, 1.807) is 14.0 Å². The van der Waals surface area contributed by atoms with E-state index in [0.717, 1.165) is 35.0 Å². The average Bonchev–Trinajstić information content (AvgIpc) is 4.05. The van der Waals surface area contributed by atoms with Crippen LogP contribution in [0.2, 0.25) is 0 Å². The Morgan fingerprint density at radius 2 is 1.88 bits per heavy atom. The summed E-state index contributed by atoms with van der Waals surface area (Å²) < 4.78 is 40.4. The molecular formula is C42H57N5O9S. The fourth-order valence-electron chi connectivity index (χ4n) is 8.92. The zero-order valence-electron chi connectivity index (χ0n) is 33.9. The molecule has 2 saturated carbocycles. The van der Waals surface area contributed by atoms with Gasteiger partial charge in [0.05, 0.1) is 29.6 Å². The molecule has 14 nitrogen and oxygen atoms in total. The van der Waals surface area contributed by atoms with Crippen molar-refractivity contribution >= 4 is 44.7 Å². The molecule has 2 aromatic rings. The highest BCUT2D eigenvalue weighted by molar-refractivity contribution is 7.91. The summed E-state index contributed by atoms with van der Waals surface area (Å²) in [5.74, 6) is -1.13. The van der Waals surface area contributed by atoms with Gasteiger partial charge in [0.1, 0.15) is 34.7 Å². The first kappa shape index (κ1) is 40.8. The van der Waals surface area contributed by atoms with Gasteiger partial charge in [-0.3, -0.25) is 24.0 Å². The first-order chi connectivity index (χ1) is 26.9. The minimum absolute atomic E-state index is 0.0118. The standard InChI is InChI=1S/C42H57N5O9S/c1-25(2)23-46(39(51)52)32-13-11-9-7-8-10-12-27-21-42(27,38(50)45-57(53,54)40(5)18-19-40)44-36(48)33-22-41(24-47(33)37(32)49)17-16-29-30-20-28(55-6)14-15-31(30)43-34(26(3)4)35(29)56-41/h10,12,14-15,20,25-27,32-33H,7-9,11,13,16-19,21-24H2,1-6H3,(H,44,48)(H,45,50)(H,51,52)/b12-10-/t27-,32+,33+,41-,42-/m1/s1. The van der Waals surface area contributed by atoms with Gasteiger partial charge in [-0.1, -0.05) is 52.7 Å². The number of amides is 4. The Morgan fingerprint density at radius 3 is 2.54 bits per heavy atom. The second kappa shape index (κ2) is 15.1. The number of aryl methyl sites for hydroxylation is 1. The summed E-state index contributed by atoms with van der Waals surface area (Å²) in [6.07, 6.45) is 7.86. The highest BCUT2D eigenvalue weighted by Gasteiger charge is 2.64. The lowest BCUT2D eigenvalue weighted by Gasteiger charge is -2.38. The van der Waals surface area contributed by atoms with E-state index in [4.69, 9.17) is 14.5 Å². The molecule has 5 aliphatic rings. The van der Waals surface area contributed by atoms with E-state index in [1.165, 1.54) is 9.80 Å². The quantitative estimate of drug-likeness (QED) is 0.291. The summed E-state index contributed by atoms with van der Waals surface area (Å²) in [5.41, 5.74) is -0.0421. The van der Waals surface area contributed by atoms with Gasteiger partial charge in [0.2, 0.25) is 21.8 Å². The van der Waals surface area contributed by atoms with Crippen LogP contribution in [-0.4, -0.2) is 100 Å². The van der Waals surface area contributed by atoms with Crippen molar-refractivity contribution in [1.82, 2.24) is 24.8 Å². The number of nitrogens with one attached hydrogen (secondary N) is 2. The lowest BCUT2D eigenvalue weighted by molar-refractivity contribution is -0.143. The molecule has 0 bridgehead atoms. The number of rotatable bonds is 8. The molecule has 0 unspecified atom stereocenters. The number of allylic oxidation sites excluding steroid dienone is 1. The Bertz CT molecular complexity index is 2100. The third-order valence-corrected chi connectivity index (χ3v) is 14.9. The van der Waals surface area contributed by atoms with Crippen LogP contribution < -0.4 is 19.5 Å². The van der Waals surface area contributed by atoms with Gasteiger partial charge in [0.15, 0.2) is 0 Å². The molecule has 3 N–H and O–H groups in total. The fraction of sp³-hybridized carbons (Fsp3) is 0.643. The van der Waals surface area contributed by atoms with Crippen molar-refractivity contribution < 1.29 is 42.2 Å². The number of aromatic nitrogens is 1. The summed E-state index contributed by atoms with van der Waals surface area (Å²) in [6, 6.07) is 3.55. The molecule has 2 aliphatic carbocycles. The van der Waals surface area contributed by atoms with Gasteiger partial charge in [-0.05, 0) is 88.3 Å². The maximum atomic E-state index is 15.0. The van der Waals surface area contributed by atoms with E-state index in [2.05, 4.69) is 10.0 Å². The first-order valence-corrected chi connectivity index (χ1v) is 22.0. The van der Waals surface area contributed by atoms with Crippen molar-refractivity contribution in [3.8, 4) is 11.5 Å². The normalized spacial score (nSPS) is 29.0. The Morgan fingerprint density at radius 1 is 1.12 bits per heavy atom. The first-order valence-electron chi connectivity index (χ1n) is 20.5. The lowest BCUT2D eigenvalue weighted by atomic mass is 9.86. The van der Waals surface area contributed by atoms with E-state index in [1.807, 2.05) is 58.0 Å². The zero-order chi connectivity index (χ0) is 41.1. The molecule has 4 heterocycles. The monoisotopic (exact) mass is 807 g/mol. The second-order valence-corrected chi connectivity index (χ2v) is 20.1. The highest BCUT2D eigenvalue weighted by atomic mass is 32.2. The van der Waals surface area contributed by atoms with Crippen LogP contribution in [-0.2, 0) is 30.8 Å². The van der Waals surface area contributed by atoms with Crippen LogP contribution >= 0.6 is 0 Å². The number of sulfonamides is 1. The van der Waals surface area contributed by atoms with Crippen molar-refractivity contribution in [2.24, 2.45) is 11.8 Å². The maximum absolute atomic E-state index is 15.0. The zero-order valence-corrected chi connectivity index (χ0v) is 34.7. The van der Waals surface area contributed by atoms with E-state index < -0.39 is 67.7 Å².